The molecule has 0 saturated heterocycles. The average molecular weight is 400 g/mol. The molecule has 0 amide bonds. The van der Waals surface area contributed by atoms with Crippen LogP contribution >= 0.6 is 0 Å². The van der Waals surface area contributed by atoms with Gasteiger partial charge in [-0.15, -0.1) is 0 Å². The minimum absolute atomic E-state index is 0.0518. The highest BCUT2D eigenvalue weighted by molar-refractivity contribution is 5.70. The molecule has 0 radical (unpaired) electrons. The third-order valence-electron chi connectivity index (χ3n) is 4.10. The molecule has 2 aromatic rings. The van der Waals surface area contributed by atoms with Crippen molar-refractivity contribution < 1.29 is 14.6 Å². The summed E-state index contributed by atoms with van der Waals surface area (Å²) in [6.07, 6.45) is 1.11. The molecule has 0 heterocycles. The van der Waals surface area contributed by atoms with Crippen LogP contribution in [0.15, 0.2) is 41.5 Å². The normalized spacial score (nSPS) is 12.6. The van der Waals surface area contributed by atoms with E-state index in [0.717, 1.165) is 17.2 Å². The van der Waals surface area contributed by atoms with Gasteiger partial charge >= 0.3 is 5.69 Å². The Balaban J connectivity index is 2.24. The minimum Gasteiger partial charge on any atom is -0.484 e. The zero-order valence-corrected chi connectivity index (χ0v) is 17.0. The highest BCUT2D eigenvalue weighted by atomic mass is 16.6. The van der Waals surface area contributed by atoms with E-state index in [4.69, 9.17) is 4.74 Å². The first kappa shape index (κ1) is 21.8. The second-order valence-electron chi connectivity index (χ2n) is 7.83. The average Bonchev–Trinajstić information content (AvgIpc) is 2.59. The summed E-state index contributed by atoms with van der Waals surface area (Å²) >= 11 is 0. The Hall–Kier alpha value is -3.49. The molecule has 2 aromatic carbocycles. The van der Waals surface area contributed by atoms with Crippen LogP contribution in [-0.4, -0.2) is 22.2 Å². The van der Waals surface area contributed by atoms with Gasteiger partial charge in [0.05, 0.1) is 22.1 Å². The molecule has 0 aliphatic carbocycles. The molecule has 0 aliphatic heterocycles. The van der Waals surface area contributed by atoms with Gasteiger partial charge in [-0.1, -0.05) is 26.8 Å². The SMILES string of the molecule is Cc1cc(C)cc(O[C@@H](/C=N\Nc2ccc([N+](=O)[O-])cc2[N+](=O)[O-])C(C)(C)C)c1. The number of aryl methyl sites for hydroxylation is 2. The summed E-state index contributed by atoms with van der Waals surface area (Å²) in [6, 6.07) is 9.22. The Labute approximate surface area is 168 Å². The smallest absolute Gasteiger partial charge is 0.301 e. The molecular weight excluding hydrogens is 376 g/mol. The fraction of sp³-hybridized carbons (Fsp3) is 0.350. The largest absolute Gasteiger partial charge is 0.484 e. The molecule has 1 N–H and O–H groups in total. The molecular formula is C20H24N4O5. The van der Waals surface area contributed by atoms with Gasteiger partial charge in [-0.3, -0.25) is 25.7 Å². The number of benzene rings is 2. The van der Waals surface area contributed by atoms with E-state index < -0.39 is 21.6 Å². The van der Waals surface area contributed by atoms with Crippen molar-refractivity contribution in [1.82, 2.24) is 0 Å². The zero-order valence-electron chi connectivity index (χ0n) is 17.0. The lowest BCUT2D eigenvalue weighted by atomic mass is 9.89. The molecule has 154 valence electrons. The molecule has 2 rings (SSSR count). The van der Waals surface area contributed by atoms with E-state index >= 15 is 0 Å². The molecule has 1 atom stereocenters. The minimum atomic E-state index is -0.696. The Morgan fingerprint density at radius 3 is 2.17 bits per heavy atom. The molecule has 29 heavy (non-hydrogen) atoms. The Morgan fingerprint density at radius 2 is 1.66 bits per heavy atom. The third-order valence-corrected chi connectivity index (χ3v) is 4.10. The number of nitrogens with zero attached hydrogens (tertiary/aromatic N) is 3. The standard InChI is InChI=1S/C20H24N4O5/c1-13-8-14(2)10-16(9-13)29-19(20(3,4)5)12-21-22-17-7-6-15(23(25)26)11-18(17)24(27)28/h6-12,19,22H,1-5H3/b21-12-/t19-/m0/s1. The van der Waals surface area contributed by atoms with Gasteiger partial charge in [0.25, 0.3) is 5.69 Å². The third kappa shape index (κ3) is 6.00. The number of rotatable bonds is 7. The van der Waals surface area contributed by atoms with Crippen LogP contribution in [0, 0.1) is 39.5 Å². The number of ether oxygens (including phenoxy) is 1. The summed E-state index contributed by atoms with van der Waals surface area (Å²) < 4.78 is 6.09. The van der Waals surface area contributed by atoms with Crippen LogP contribution < -0.4 is 10.2 Å². The summed E-state index contributed by atoms with van der Waals surface area (Å²) in [5.74, 6) is 0.704. The lowest BCUT2D eigenvalue weighted by Gasteiger charge is -2.28. The molecule has 0 unspecified atom stereocenters. The van der Waals surface area contributed by atoms with Gasteiger partial charge in [-0.25, -0.2) is 0 Å². The Bertz CT molecular complexity index is 930. The molecule has 9 heteroatoms. The van der Waals surface area contributed by atoms with Crippen molar-refractivity contribution in [1.29, 1.82) is 0 Å². The first-order valence-electron chi connectivity index (χ1n) is 8.94. The fourth-order valence-corrected chi connectivity index (χ4v) is 2.63. The lowest BCUT2D eigenvalue weighted by Crippen LogP contribution is -2.34. The van der Waals surface area contributed by atoms with Crippen LogP contribution in [0.2, 0.25) is 0 Å². The van der Waals surface area contributed by atoms with Gasteiger partial charge in [-0.05, 0) is 43.2 Å². The van der Waals surface area contributed by atoms with Crippen LogP contribution in [0.25, 0.3) is 0 Å². The van der Waals surface area contributed by atoms with Gasteiger partial charge in [0.2, 0.25) is 0 Å². The number of hydrazone groups is 1. The highest BCUT2D eigenvalue weighted by Crippen LogP contribution is 2.29. The van der Waals surface area contributed by atoms with E-state index in [1.54, 1.807) is 0 Å². The maximum Gasteiger partial charge on any atom is 0.301 e. The van der Waals surface area contributed by atoms with Crippen molar-refractivity contribution in [3.63, 3.8) is 0 Å². The first-order valence-corrected chi connectivity index (χ1v) is 8.94. The van der Waals surface area contributed by atoms with Crippen LogP contribution in [0.5, 0.6) is 5.75 Å². The Kier molecular flexibility index (Phi) is 6.53. The van der Waals surface area contributed by atoms with Crippen molar-refractivity contribution in [2.24, 2.45) is 10.5 Å². The quantitative estimate of drug-likeness (QED) is 0.396. The number of hydrogen-bond donors (Lipinski definition) is 1. The van der Waals surface area contributed by atoms with Crippen molar-refractivity contribution >= 4 is 23.3 Å². The van der Waals surface area contributed by atoms with Crippen molar-refractivity contribution in [2.75, 3.05) is 5.43 Å². The van der Waals surface area contributed by atoms with E-state index in [2.05, 4.69) is 10.5 Å². The number of hydrogen-bond acceptors (Lipinski definition) is 7. The topological polar surface area (TPSA) is 120 Å². The van der Waals surface area contributed by atoms with Gasteiger partial charge in [-0.2, -0.15) is 5.10 Å². The summed E-state index contributed by atoms with van der Waals surface area (Å²) in [5.41, 5.74) is 3.70. The molecule has 0 aliphatic rings. The lowest BCUT2D eigenvalue weighted by molar-refractivity contribution is -0.393. The molecule has 0 aromatic heterocycles. The maximum atomic E-state index is 11.2. The summed E-state index contributed by atoms with van der Waals surface area (Å²) in [7, 11) is 0. The van der Waals surface area contributed by atoms with E-state index in [1.807, 2.05) is 52.8 Å². The van der Waals surface area contributed by atoms with E-state index in [0.29, 0.717) is 5.75 Å². The molecule has 0 saturated carbocycles. The first-order chi connectivity index (χ1) is 13.5. The summed E-state index contributed by atoms with van der Waals surface area (Å²) in [5, 5.41) is 26.2. The van der Waals surface area contributed by atoms with Gasteiger partial charge < -0.3 is 4.74 Å². The molecule has 0 bridgehead atoms. The maximum absolute atomic E-state index is 11.2. The van der Waals surface area contributed by atoms with Gasteiger partial charge in [0, 0.05) is 11.5 Å². The number of nitro groups is 2. The van der Waals surface area contributed by atoms with Crippen LogP contribution in [0.3, 0.4) is 0 Å². The van der Waals surface area contributed by atoms with Gasteiger partial charge in [0.15, 0.2) is 0 Å². The molecule has 0 spiro atoms. The highest BCUT2D eigenvalue weighted by Gasteiger charge is 2.26. The second-order valence-corrected chi connectivity index (χ2v) is 7.83. The van der Waals surface area contributed by atoms with Gasteiger partial charge in [0.1, 0.15) is 17.5 Å². The molecule has 9 nitrogen and oxygen atoms in total. The van der Waals surface area contributed by atoms with Crippen LogP contribution in [0.4, 0.5) is 17.1 Å². The van der Waals surface area contributed by atoms with Crippen molar-refractivity contribution in [2.45, 2.75) is 40.7 Å². The molecule has 0 fully saturated rings. The van der Waals surface area contributed by atoms with Crippen LogP contribution in [-0.2, 0) is 0 Å². The van der Waals surface area contributed by atoms with Crippen LogP contribution in [0.1, 0.15) is 31.9 Å². The van der Waals surface area contributed by atoms with E-state index in [-0.39, 0.29) is 16.8 Å². The number of nitro benzene ring substituents is 2. The Morgan fingerprint density at radius 1 is 1.03 bits per heavy atom. The number of nitrogens with one attached hydrogen (secondary N) is 1. The van der Waals surface area contributed by atoms with E-state index in [9.17, 15) is 20.2 Å². The fourth-order valence-electron chi connectivity index (χ4n) is 2.63. The second kappa shape index (κ2) is 8.68. The predicted molar refractivity (Wildman–Crippen MR) is 112 cm³/mol. The summed E-state index contributed by atoms with van der Waals surface area (Å²) in [4.78, 5) is 20.7. The number of non-ortho nitro benzene ring substituents is 1. The monoisotopic (exact) mass is 400 g/mol. The zero-order chi connectivity index (χ0) is 21.8. The number of anilines is 1. The predicted octanol–water partition coefficient (Wildman–Crippen LogP) is 5.01. The van der Waals surface area contributed by atoms with Crippen molar-refractivity contribution in [3.8, 4) is 5.75 Å². The summed E-state index contributed by atoms with van der Waals surface area (Å²) in [6.45, 7) is 9.92. The van der Waals surface area contributed by atoms with E-state index in [1.165, 1.54) is 18.3 Å². The van der Waals surface area contributed by atoms with Crippen molar-refractivity contribution in [3.05, 3.63) is 67.8 Å².